The summed E-state index contributed by atoms with van der Waals surface area (Å²) in [4.78, 5) is 12.4. The van der Waals surface area contributed by atoms with Gasteiger partial charge in [0.1, 0.15) is 0 Å². The molecule has 0 N–H and O–H groups in total. The summed E-state index contributed by atoms with van der Waals surface area (Å²) in [6.45, 7) is 11.3. The molecule has 1 aromatic heterocycles. The number of hydrogen-bond acceptors (Lipinski definition) is 2. The van der Waals surface area contributed by atoms with Crippen LogP contribution in [-0.4, -0.2) is 15.6 Å². The van der Waals surface area contributed by atoms with E-state index in [2.05, 4.69) is 38.0 Å². The van der Waals surface area contributed by atoms with Crippen LogP contribution in [0.5, 0.6) is 0 Å². The van der Waals surface area contributed by atoms with Gasteiger partial charge < -0.3 is 0 Å². The predicted molar refractivity (Wildman–Crippen MR) is 85.8 cm³/mol. The molecule has 0 unspecified atom stereocenters. The van der Waals surface area contributed by atoms with Crippen LogP contribution in [0.1, 0.15) is 55.0 Å². The van der Waals surface area contributed by atoms with Crippen molar-refractivity contribution < 1.29 is 4.79 Å². The van der Waals surface area contributed by atoms with Gasteiger partial charge in [0.2, 0.25) is 0 Å². The highest BCUT2D eigenvalue weighted by molar-refractivity contribution is 5.97. The lowest BCUT2D eigenvalue weighted by Crippen LogP contribution is -2.12. The number of aromatic nitrogens is 2. The summed E-state index contributed by atoms with van der Waals surface area (Å²) >= 11 is 0. The summed E-state index contributed by atoms with van der Waals surface area (Å²) in [6, 6.07) is 9.96. The van der Waals surface area contributed by atoms with Gasteiger partial charge in [0.15, 0.2) is 5.78 Å². The Hall–Kier alpha value is -1.90. The molecule has 3 nitrogen and oxygen atoms in total. The predicted octanol–water partition coefficient (Wildman–Crippen LogP) is 3.93. The zero-order chi connectivity index (χ0) is 15.6. The highest BCUT2D eigenvalue weighted by Gasteiger charge is 2.15. The number of benzene rings is 1. The van der Waals surface area contributed by atoms with Crippen molar-refractivity contribution in [1.29, 1.82) is 0 Å². The average Bonchev–Trinajstić information content (AvgIpc) is 2.78. The molecule has 0 atom stereocenters. The number of Topliss-reactive ketones (excluding diaryl/α,β-unsaturated/α-hetero) is 1. The van der Waals surface area contributed by atoms with Gasteiger partial charge in [0.05, 0.1) is 12.1 Å². The van der Waals surface area contributed by atoms with Gasteiger partial charge in [-0.1, -0.05) is 45.0 Å². The number of nitrogens with zero attached hydrogens (tertiary/aromatic N) is 2. The molecule has 0 amide bonds. The van der Waals surface area contributed by atoms with Gasteiger partial charge in [-0.3, -0.25) is 9.48 Å². The third kappa shape index (κ3) is 3.60. The maximum absolute atomic E-state index is 12.4. The van der Waals surface area contributed by atoms with Crippen LogP contribution in [0.2, 0.25) is 0 Å². The zero-order valence-electron chi connectivity index (χ0n) is 13.6. The maximum atomic E-state index is 12.4. The highest BCUT2D eigenvalue weighted by atomic mass is 16.1. The van der Waals surface area contributed by atoms with Gasteiger partial charge in [-0.2, -0.15) is 5.10 Å². The number of rotatable bonds is 4. The van der Waals surface area contributed by atoms with E-state index in [-0.39, 0.29) is 11.2 Å². The van der Waals surface area contributed by atoms with Crippen molar-refractivity contribution in [2.45, 2.75) is 53.0 Å². The van der Waals surface area contributed by atoms with E-state index >= 15 is 0 Å². The van der Waals surface area contributed by atoms with Gasteiger partial charge in [-0.25, -0.2) is 0 Å². The number of ketones is 1. The molecule has 0 aliphatic rings. The first-order chi connectivity index (χ1) is 9.81. The molecule has 0 radical (unpaired) electrons. The van der Waals surface area contributed by atoms with E-state index in [9.17, 15) is 4.79 Å². The molecule has 1 heterocycles. The van der Waals surface area contributed by atoms with Gasteiger partial charge in [0, 0.05) is 17.8 Å². The van der Waals surface area contributed by atoms with E-state index in [0.29, 0.717) is 6.42 Å². The number of carbonyl (C=O) groups is 1. The van der Waals surface area contributed by atoms with Crippen molar-refractivity contribution in [2.24, 2.45) is 0 Å². The Kier molecular flexibility index (Phi) is 4.31. The van der Waals surface area contributed by atoms with Crippen LogP contribution >= 0.6 is 0 Å². The van der Waals surface area contributed by atoms with Gasteiger partial charge in [0.25, 0.3) is 0 Å². The Bertz CT molecular complexity index is 630. The normalized spacial score (nSPS) is 11.7. The molecular weight excluding hydrogens is 260 g/mol. The third-order valence-electron chi connectivity index (χ3n) is 3.70. The minimum Gasteiger partial charge on any atom is -0.294 e. The van der Waals surface area contributed by atoms with E-state index < -0.39 is 0 Å². The van der Waals surface area contributed by atoms with Crippen molar-refractivity contribution in [3.05, 3.63) is 52.8 Å². The molecule has 0 saturated heterocycles. The Morgan fingerprint density at radius 2 is 1.81 bits per heavy atom. The van der Waals surface area contributed by atoms with Gasteiger partial charge in [-0.15, -0.1) is 0 Å². The summed E-state index contributed by atoms with van der Waals surface area (Å²) in [7, 11) is 0. The van der Waals surface area contributed by atoms with Crippen molar-refractivity contribution in [2.75, 3.05) is 0 Å². The summed E-state index contributed by atoms with van der Waals surface area (Å²) in [6.07, 6.45) is 0.406. The molecule has 0 saturated carbocycles. The number of hydrogen-bond donors (Lipinski definition) is 0. The van der Waals surface area contributed by atoms with Crippen molar-refractivity contribution in [3.63, 3.8) is 0 Å². The van der Waals surface area contributed by atoms with Gasteiger partial charge in [-0.05, 0) is 30.9 Å². The fourth-order valence-electron chi connectivity index (χ4n) is 2.44. The molecule has 21 heavy (non-hydrogen) atoms. The lowest BCUT2D eigenvalue weighted by Gasteiger charge is -2.19. The number of carbonyl (C=O) groups excluding carboxylic acids is 1. The van der Waals surface area contributed by atoms with Crippen LogP contribution in [0.4, 0.5) is 0 Å². The minimum atomic E-state index is 0.111. The second kappa shape index (κ2) is 5.84. The highest BCUT2D eigenvalue weighted by Crippen LogP contribution is 2.22. The maximum Gasteiger partial charge on any atom is 0.168 e. The molecule has 0 bridgehead atoms. The topological polar surface area (TPSA) is 34.9 Å². The van der Waals surface area contributed by atoms with E-state index in [1.807, 2.05) is 36.7 Å². The minimum absolute atomic E-state index is 0.111. The van der Waals surface area contributed by atoms with Crippen molar-refractivity contribution in [1.82, 2.24) is 9.78 Å². The summed E-state index contributed by atoms with van der Waals surface area (Å²) in [5, 5.41) is 4.39. The van der Waals surface area contributed by atoms with Crippen LogP contribution in [0.25, 0.3) is 0 Å². The molecule has 1 aromatic carbocycles. The van der Waals surface area contributed by atoms with Crippen molar-refractivity contribution in [3.8, 4) is 0 Å². The van der Waals surface area contributed by atoms with Crippen LogP contribution < -0.4 is 0 Å². The lowest BCUT2D eigenvalue weighted by molar-refractivity contribution is 0.0990. The fraction of sp³-hybridized carbons (Fsp3) is 0.444. The molecule has 0 aliphatic heterocycles. The summed E-state index contributed by atoms with van der Waals surface area (Å²) in [5.41, 5.74) is 4.07. The van der Waals surface area contributed by atoms with Crippen molar-refractivity contribution >= 4 is 5.78 Å². The molecule has 112 valence electrons. The molecule has 2 rings (SSSR count). The standard InChI is InChI=1S/C18H24N2O/c1-6-20-16(11-13(2)19-20)12-17(21)14-7-9-15(10-8-14)18(3,4)5/h7-11H,6,12H2,1-5H3. The number of aryl methyl sites for hydroxylation is 2. The lowest BCUT2D eigenvalue weighted by atomic mass is 9.86. The Morgan fingerprint density at radius 1 is 1.19 bits per heavy atom. The van der Waals surface area contributed by atoms with Crippen LogP contribution in [-0.2, 0) is 18.4 Å². The smallest absolute Gasteiger partial charge is 0.168 e. The second-order valence-corrected chi connectivity index (χ2v) is 6.52. The first kappa shape index (κ1) is 15.5. The SMILES string of the molecule is CCn1nc(C)cc1CC(=O)c1ccc(C(C)(C)C)cc1. The Balaban J connectivity index is 2.17. The summed E-state index contributed by atoms with van der Waals surface area (Å²) in [5.74, 6) is 0.144. The van der Waals surface area contributed by atoms with E-state index in [1.165, 1.54) is 5.56 Å². The molecule has 2 aromatic rings. The molecule has 3 heteroatoms. The Morgan fingerprint density at radius 3 is 2.33 bits per heavy atom. The van der Waals surface area contributed by atoms with Gasteiger partial charge >= 0.3 is 0 Å². The van der Waals surface area contributed by atoms with E-state index in [4.69, 9.17) is 0 Å². The first-order valence-electron chi connectivity index (χ1n) is 7.48. The monoisotopic (exact) mass is 284 g/mol. The first-order valence-corrected chi connectivity index (χ1v) is 7.48. The molecule has 0 aliphatic carbocycles. The fourth-order valence-corrected chi connectivity index (χ4v) is 2.44. The van der Waals surface area contributed by atoms with Crippen LogP contribution in [0.3, 0.4) is 0 Å². The third-order valence-corrected chi connectivity index (χ3v) is 3.70. The molecule has 0 fully saturated rings. The largest absolute Gasteiger partial charge is 0.294 e. The molecule has 0 spiro atoms. The summed E-state index contributed by atoms with van der Waals surface area (Å²) < 4.78 is 1.90. The van der Waals surface area contributed by atoms with E-state index in [0.717, 1.165) is 23.5 Å². The average molecular weight is 284 g/mol. The second-order valence-electron chi connectivity index (χ2n) is 6.52. The Labute approximate surface area is 127 Å². The molecular formula is C18H24N2O. The van der Waals surface area contributed by atoms with E-state index in [1.54, 1.807) is 0 Å². The quantitative estimate of drug-likeness (QED) is 0.797. The van der Waals surface area contributed by atoms with Crippen LogP contribution in [0.15, 0.2) is 30.3 Å². The zero-order valence-corrected chi connectivity index (χ0v) is 13.6. The van der Waals surface area contributed by atoms with Crippen LogP contribution in [0, 0.1) is 6.92 Å².